The minimum absolute atomic E-state index is 0.404. The van der Waals surface area contributed by atoms with E-state index >= 15 is 0 Å². The number of rotatable bonds is 5. The van der Waals surface area contributed by atoms with E-state index in [1.54, 1.807) is 7.11 Å². The van der Waals surface area contributed by atoms with Gasteiger partial charge in [-0.1, -0.05) is 18.2 Å². The van der Waals surface area contributed by atoms with Crippen molar-refractivity contribution in [2.75, 3.05) is 14.2 Å². The molecule has 0 saturated heterocycles. The number of carbonyl (C=O) groups is 1. The smallest absolute Gasteiger partial charge is 0.330 e. The minimum Gasteiger partial charge on any atom is -0.497 e. The Morgan fingerprint density at radius 3 is 2.42 bits per heavy atom. The van der Waals surface area contributed by atoms with Crippen molar-refractivity contribution in [2.24, 2.45) is 9.98 Å². The molecule has 2 aromatic carbocycles. The lowest BCUT2D eigenvalue weighted by Crippen LogP contribution is -1.95. The van der Waals surface area contributed by atoms with Crippen LogP contribution in [0, 0.1) is 0 Å². The molecule has 0 spiro atoms. The van der Waals surface area contributed by atoms with Gasteiger partial charge in [0, 0.05) is 11.6 Å². The van der Waals surface area contributed by atoms with Crippen LogP contribution in [0.15, 0.2) is 64.6 Å². The molecule has 5 heteroatoms. The number of ether oxygens (including phenoxy) is 2. The maximum Gasteiger partial charge on any atom is 0.330 e. The summed E-state index contributed by atoms with van der Waals surface area (Å²) in [5.41, 5.74) is 2.97. The highest BCUT2D eigenvalue weighted by Crippen LogP contribution is 2.25. The Morgan fingerprint density at radius 1 is 1.04 bits per heavy atom. The number of esters is 1. The van der Waals surface area contributed by atoms with Crippen LogP contribution >= 0.6 is 0 Å². The standard InChI is InChI=1S/C19H18N2O3/c1-14(12-19(22)24-3)17-6-4-5-7-18(17)21-13-20-15-8-10-16(23-2)11-9-15/h4-12H,1-3H3/b14-12+. The first-order valence-corrected chi connectivity index (χ1v) is 7.30. The molecule has 0 heterocycles. The van der Waals surface area contributed by atoms with Gasteiger partial charge in [-0.25, -0.2) is 4.79 Å². The summed E-state index contributed by atoms with van der Waals surface area (Å²) in [5.74, 6) is 0.359. The van der Waals surface area contributed by atoms with Crippen LogP contribution in [0.2, 0.25) is 0 Å². The zero-order valence-corrected chi connectivity index (χ0v) is 13.8. The molecule has 0 amide bonds. The number of benzene rings is 2. The van der Waals surface area contributed by atoms with Gasteiger partial charge < -0.3 is 9.47 Å². The van der Waals surface area contributed by atoms with Crippen molar-refractivity contribution in [1.82, 2.24) is 0 Å². The average Bonchev–Trinajstić information content (AvgIpc) is 2.62. The van der Waals surface area contributed by atoms with Crippen LogP contribution in [0.25, 0.3) is 5.57 Å². The highest BCUT2D eigenvalue weighted by atomic mass is 16.5. The van der Waals surface area contributed by atoms with Gasteiger partial charge in [-0.15, -0.1) is 0 Å². The van der Waals surface area contributed by atoms with Gasteiger partial charge in [0.1, 0.15) is 11.8 Å². The van der Waals surface area contributed by atoms with Gasteiger partial charge in [-0.05, 0) is 42.8 Å². The van der Waals surface area contributed by atoms with E-state index < -0.39 is 5.97 Å². The van der Waals surface area contributed by atoms with Crippen molar-refractivity contribution in [3.8, 4) is 5.75 Å². The van der Waals surface area contributed by atoms with Crippen LogP contribution in [0.1, 0.15) is 12.5 Å². The molecular formula is C19H18N2O3. The van der Waals surface area contributed by atoms with Gasteiger partial charge in [-0.3, -0.25) is 0 Å². The summed E-state index contributed by atoms with van der Waals surface area (Å²) in [7, 11) is 2.96. The average molecular weight is 322 g/mol. The largest absolute Gasteiger partial charge is 0.497 e. The molecular weight excluding hydrogens is 304 g/mol. The van der Waals surface area contributed by atoms with Crippen molar-refractivity contribution in [2.45, 2.75) is 6.92 Å². The first-order chi connectivity index (χ1) is 11.6. The van der Waals surface area contributed by atoms with E-state index in [0.29, 0.717) is 5.69 Å². The molecule has 0 fully saturated rings. The zero-order chi connectivity index (χ0) is 17.4. The molecule has 24 heavy (non-hydrogen) atoms. The highest BCUT2D eigenvalue weighted by molar-refractivity contribution is 5.92. The van der Waals surface area contributed by atoms with E-state index in [0.717, 1.165) is 22.6 Å². The molecule has 0 unspecified atom stereocenters. The zero-order valence-electron chi connectivity index (χ0n) is 13.8. The maximum atomic E-state index is 11.4. The first kappa shape index (κ1) is 17.2. The molecule has 0 aliphatic heterocycles. The summed E-state index contributed by atoms with van der Waals surface area (Å²) >= 11 is 0. The van der Waals surface area contributed by atoms with Gasteiger partial charge in [0.2, 0.25) is 0 Å². The summed E-state index contributed by atoms with van der Waals surface area (Å²) in [6, 6.07) is 17.4. The fourth-order valence-electron chi connectivity index (χ4n) is 2.01. The fourth-order valence-corrected chi connectivity index (χ4v) is 2.01. The second-order valence-corrected chi connectivity index (χ2v) is 4.89. The lowest BCUT2D eigenvalue weighted by molar-refractivity contribution is -0.134. The number of hydrogen-bond acceptors (Lipinski definition) is 5. The molecule has 5 nitrogen and oxygen atoms in total. The van der Waals surface area contributed by atoms with Crippen molar-refractivity contribution in [3.05, 3.63) is 60.2 Å². The van der Waals surface area contributed by atoms with E-state index in [1.165, 1.54) is 13.2 Å². The third-order valence-electron chi connectivity index (χ3n) is 3.29. The molecule has 0 aliphatic rings. The van der Waals surface area contributed by atoms with E-state index in [9.17, 15) is 4.79 Å². The maximum absolute atomic E-state index is 11.4. The van der Waals surface area contributed by atoms with E-state index in [-0.39, 0.29) is 0 Å². The van der Waals surface area contributed by atoms with Gasteiger partial charge in [0.25, 0.3) is 0 Å². The van der Waals surface area contributed by atoms with Gasteiger partial charge in [0.15, 0.2) is 0 Å². The van der Waals surface area contributed by atoms with Crippen molar-refractivity contribution in [3.63, 3.8) is 0 Å². The van der Waals surface area contributed by atoms with Gasteiger partial charge in [-0.2, -0.15) is 9.98 Å². The molecule has 2 rings (SSSR count). The third-order valence-corrected chi connectivity index (χ3v) is 3.29. The van der Waals surface area contributed by atoms with Crippen LogP contribution in [0.5, 0.6) is 5.75 Å². The van der Waals surface area contributed by atoms with Gasteiger partial charge >= 0.3 is 5.97 Å². The molecule has 0 N–H and O–H groups in total. The molecule has 2 aromatic rings. The van der Waals surface area contributed by atoms with E-state index in [4.69, 9.17) is 4.74 Å². The molecule has 122 valence electrons. The Morgan fingerprint density at radius 2 is 1.75 bits per heavy atom. The third kappa shape index (κ3) is 4.66. The number of methoxy groups -OCH3 is 2. The second kappa shape index (κ2) is 8.46. The summed E-state index contributed by atoms with van der Waals surface area (Å²) < 4.78 is 9.75. The normalized spacial score (nSPS) is 10.5. The molecule has 0 radical (unpaired) electrons. The predicted molar refractivity (Wildman–Crippen MR) is 94.3 cm³/mol. The Kier molecular flexibility index (Phi) is 6.06. The molecule has 0 aliphatic carbocycles. The Labute approximate surface area is 141 Å². The highest BCUT2D eigenvalue weighted by Gasteiger charge is 2.04. The lowest BCUT2D eigenvalue weighted by Gasteiger charge is -2.04. The number of nitrogens with zero attached hydrogens (tertiary/aromatic N) is 2. The summed E-state index contributed by atoms with van der Waals surface area (Å²) in [6.07, 6.45) is 1.43. The van der Waals surface area contributed by atoms with Crippen molar-refractivity contribution in [1.29, 1.82) is 0 Å². The Balaban J connectivity index is 2.27. The SMILES string of the molecule is COC(=O)/C=C(\C)c1ccccc1N=C=Nc1ccc(OC)cc1. The number of aliphatic imine (C=N–C) groups is 2. The minimum atomic E-state index is -0.404. The molecule has 0 bridgehead atoms. The van der Waals surface area contributed by atoms with Gasteiger partial charge in [0.05, 0.1) is 25.6 Å². The topological polar surface area (TPSA) is 60.2 Å². The monoisotopic (exact) mass is 322 g/mol. The Hall–Kier alpha value is -3.17. The van der Waals surface area contributed by atoms with Crippen LogP contribution in [0.3, 0.4) is 0 Å². The number of para-hydroxylation sites is 1. The fraction of sp³-hybridized carbons (Fsp3) is 0.158. The molecule has 0 aromatic heterocycles. The second-order valence-electron chi connectivity index (χ2n) is 4.89. The summed E-state index contributed by atoms with van der Waals surface area (Å²) in [5, 5.41) is 0. The van der Waals surface area contributed by atoms with Crippen LogP contribution in [-0.2, 0) is 9.53 Å². The molecule has 0 atom stereocenters. The summed E-state index contributed by atoms with van der Waals surface area (Å²) in [4.78, 5) is 19.8. The van der Waals surface area contributed by atoms with Crippen LogP contribution < -0.4 is 4.74 Å². The molecule has 0 saturated carbocycles. The number of allylic oxidation sites excluding steroid dienone is 1. The van der Waals surface area contributed by atoms with Crippen LogP contribution in [0.4, 0.5) is 11.4 Å². The van der Waals surface area contributed by atoms with E-state index in [2.05, 4.69) is 20.7 Å². The van der Waals surface area contributed by atoms with Crippen LogP contribution in [-0.4, -0.2) is 26.2 Å². The van der Waals surface area contributed by atoms with E-state index in [1.807, 2.05) is 55.5 Å². The Bertz CT molecular complexity index is 802. The number of carbonyl (C=O) groups excluding carboxylic acids is 1. The lowest BCUT2D eigenvalue weighted by atomic mass is 10.1. The quantitative estimate of drug-likeness (QED) is 0.465. The number of hydrogen-bond donors (Lipinski definition) is 0. The van der Waals surface area contributed by atoms with Crippen molar-refractivity contribution < 1.29 is 14.3 Å². The first-order valence-electron chi connectivity index (χ1n) is 7.30. The predicted octanol–water partition coefficient (Wildman–Crippen LogP) is 4.41. The summed E-state index contributed by atoms with van der Waals surface area (Å²) in [6.45, 7) is 1.83. The van der Waals surface area contributed by atoms with Crippen molar-refractivity contribution >= 4 is 28.9 Å².